The number of rotatable bonds is 0. The van der Waals surface area contributed by atoms with Crippen LogP contribution in [-0.2, 0) is 16.7 Å². The molecule has 2 bridgehead atoms. The molecule has 3 aliphatic rings. The third kappa shape index (κ3) is 0.971. The lowest BCUT2D eigenvalue weighted by Crippen LogP contribution is -2.40. The highest BCUT2D eigenvalue weighted by Gasteiger charge is 2.61. The fraction of sp³-hybridized carbons (Fsp3) is 0.600. The van der Waals surface area contributed by atoms with Gasteiger partial charge in [0.1, 0.15) is 0 Å². The molecule has 0 spiro atoms. The van der Waals surface area contributed by atoms with E-state index in [9.17, 15) is 5.02 Å². The Hall–Kier alpha value is -0.795. The minimum atomic E-state index is -0.707. The van der Waals surface area contributed by atoms with E-state index in [0.29, 0.717) is 17.9 Å². The van der Waals surface area contributed by atoms with Gasteiger partial charge < -0.3 is 9.68 Å². The van der Waals surface area contributed by atoms with Gasteiger partial charge in [-0.25, -0.2) is 0 Å². The maximum absolute atomic E-state index is 10.1. The largest absolute Gasteiger partial charge is 0.492 e. The maximum atomic E-state index is 10.1. The molecule has 1 aromatic rings. The van der Waals surface area contributed by atoms with Crippen molar-refractivity contribution in [1.82, 2.24) is 0 Å². The highest BCUT2D eigenvalue weighted by molar-refractivity contribution is 6.62. The van der Waals surface area contributed by atoms with Gasteiger partial charge in [0.25, 0.3) is 0 Å². The van der Waals surface area contributed by atoms with Gasteiger partial charge >= 0.3 is 7.12 Å². The molecule has 1 saturated carbocycles. The smallest absolute Gasteiger partial charge is 0.423 e. The Morgan fingerprint density at radius 3 is 2.89 bits per heavy atom. The lowest BCUT2D eigenvalue weighted by atomic mass is 9.63. The van der Waals surface area contributed by atoms with Crippen molar-refractivity contribution in [3.8, 4) is 0 Å². The topological polar surface area (TPSA) is 29.5 Å². The van der Waals surface area contributed by atoms with Crippen molar-refractivity contribution in [3.63, 3.8) is 0 Å². The second-order valence-corrected chi connectivity index (χ2v) is 6.91. The van der Waals surface area contributed by atoms with Crippen molar-refractivity contribution in [1.29, 1.82) is 0 Å². The monoisotopic (exact) mass is 242 g/mol. The van der Waals surface area contributed by atoms with Gasteiger partial charge in [-0.05, 0) is 51.7 Å². The number of fused-ring (bicyclic) bond motifs is 7. The Morgan fingerprint density at radius 1 is 1.33 bits per heavy atom. The lowest BCUT2D eigenvalue weighted by molar-refractivity contribution is 0.231. The van der Waals surface area contributed by atoms with E-state index in [2.05, 4.69) is 32.9 Å². The Bertz CT molecular complexity index is 552. The van der Waals surface area contributed by atoms with Crippen LogP contribution in [0.3, 0.4) is 0 Å². The van der Waals surface area contributed by atoms with E-state index in [1.807, 2.05) is 0 Å². The average molecular weight is 242 g/mol. The molecule has 94 valence electrons. The predicted molar refractivity (Wildman–Crippen MR) is 71.9 cm³/mol. The van der Waals surface area contributed by atoms with Gasteiger partial charge in [0.05, 0.1) is 6.61 Å². The first-order chi connectivity index (χ1) is 8.47. The fourth-order valence-electron chi connectivity index (χ4n) is 4.74. The molecule has 3 heteroatoms. The Labute approximate surface area is 108 Å². The molecule has 1 heterocycles. The zero-order valence-electron chi connectivity index (χ0n) is 11.3. The summed E-state index contributed by atoms with van der Waals surface area (Å²) in [5.74, 6) is 0.649. The van der Waals surface area contributed by atoms with Crippen molar-refractivity contribution in [3.05, 3.63) is 28.8 Å². The van der Waals surface area contributed by atoms with Crippen LogP contribution in [0.25, 0.3) is 0 Å². The SMILES string of the molecule is CC12CCC(c3ccc4c(c31)B(O)OC4)C2(C)C. The summed E-state index contributed by atoms with van der Waals surface area (Å²) >= 11 is 0. The van der Waals surface area contributed by atoms with Gasteiger partial charge in [-0.1, -0.05) is 32.9 Å². The van der Waals surface area contributed by atoms with E-state index >= 15 is 0 Å². The zero-order chi connectivity index (χ0) is 12.7. The summed E-state index contributed by atoms with van der Waals surface area (Å²) < 4.78 is 5.42. The van der Waals surface area contributed by atoms with E-state index in [1.54, 1.807) is 0 Å². The summed E-state index contributed by atoms with van der Waals surface area (Å²) in [6.45, 7) is 7.72. The van der Waals surface area contributed by atoms with Crippen LogP contribution in [0.2, 0.25) is 0 Å². The van der Waals surface area contributed by atoms with Gasteiger partial charge in [0.2, 0.25) is 0 Å². The summed E-state index contributed by atoms with van der Waals surface area (Å²) in [6, 6.07) is 4.44. The number of hydrogen-bond donors (Lipinski definition) is 1. The summed E-state index contributed by atoms with van der Waals surface area (Å²) in [5, 5.41) is 10.1. The molecule has 0 aromatic heterocycles. The van der Waals surface area contributed by atoms with E-state index in [0.717, 1.165) is 5.46 Å². The van der Waals surface area contributed by atoms with Crippen LogP contribution in [0.5, 0.6) is 0 Å². The molecule has 0 amide bonds. The molecular formula is C15H19BO2. The molecule has 2 aliphatic carbocycles. The van der Waals surface area contributed by atoms with Crippen LogP contribution < -0.4 is 5.46 Å². The lowest BCUT2D eigenvalue weighted by Gasteiger charge is -2.36. The highest BCUT2D eigenvalue weighted by Crippen LogP contribution is 2.67. The van der Waals surface area contributed by atoms with Gasteiger partial charge in [0.15, 0.2) is 0 Å². The van der Waals surface area contributed by atoms with Gasteiger partial charge in [-0.2, -0.15) is 0 Å². The Morgan fingerprint density at radius 2 is 2.11 bits per heavy atom. The molecule has 0 saturated heterocycles. The third-order valence-electron chi connectivity index (χ3n) is 6.17. The van der Waals surface area contributed by atoms with E-state index < -0.39 is 7.12 Å². The minimum absolute atomic E-state index is 0.201. The van der Waals surface area contributed by atoms with Crippen LogP contribution in [0.4, 0.5) is 0 Å². The van der Waals surface area contributed by atoms with Crippen LogP contribution in [-0.4, -0.2) is 12.1 Å². The van der Waals surface area contributed by atoms with Crippen molar-refractivity contribution in [2.75, 3.05) is 0 Å². The first-order valence-electron chi connectivity index (χ1n) is 6.92. The summed E-state index contributed by atoms with van der Waals surface area (Å²) in [6.07, 6.45) is 2.52. The van der Waals surface area contributed by atoms with Crippen molar-refractivity contribution >= 4 is 12.6 Å². The molecule has 0 radical (unpaired) electrons. The quantitative estimate of drug-likeness (QED) is 0.706. The number of hydrogen-bond acceptors (Lipinski definition) is 2. The third-order valence-corrected chi connectivity index (χ3v) is 6.17. The normalized spacial score (nSPS) is 34.9. The molecule has 1 aromatic carbocycles. The van der Waals surface area contributed by atoms with Gasteiger partial charge in [0, 0.05) is 0 Å². The minimum Gasteiger partial charge on any atom is -0.423 e. The van der Waals surface area contributed by atoms with E-state index in [4.69, 9.17) is 4.65 Å². The predicted octanol–water partition coefficient (Wildman–Crippen LogP) is 2.08. The van der Waals surface area contributed by atoms with Crippen molar-refractivity contribution in [2.24, 2.45) is 5.41 Å². The molecule has 1 N–H and O–H groups in total. The van der Waals surface area contributed by atoms with Crippen LogP contribution in [0.1, 0.15) is 56.2 Å². The Balaban J connectivity index is 2.05. The van der Waals surface area contributed by atoms with Crippen LogP contribution in [0, 0.1) is 5.41 Å². The zero-order valence-corrected chi connectivity index (χ0v) is 11.3. The summed E-state index contributed by atoms with van der Waals surface area (Å²) in [4.78, 5) is 0. The van der Waals surface area contributed by atoms with Crippen LogP contribution in [0.15, 0.2) is 12.1 Å². The standard InChI is InChI=1S/C15H19BO2/c1-14(2)11-6-7-15(14,3)12-10(11)5-4-9-8-18-16(17)13(9)12/h4-5,11,17H,6-8H2,1-3H3. The van der Waals surface area contributed by atoms with Crippen molar-refractivity contribution in [2.45, 2.75) is 51.6 Å². The molecule has 4 rings (SSSR count). The molecule has 18 heavy (non-hydrogen) atoms. The highest BCUT2D eigenvalue weighted by atomic mass is 16.5. The second-order valence-electron chi connectivity index (χ2n) is 6.91. The van der Waals surface area contributed by atoms with Gasteiger partial charge in [-0.15, -0.1) is 0 Å². The molecule has 2 nitrogen and oxygen atoms in total. The average Bonchev–Trinajstić information content (AvgIpc) is 2.85. The molecule has 2 unspecified atom stereocenters. The molecule has 1 fully saturated rings. The number of benzene rings is 1. The summed E-state index contributed by atoms with van der Waals surface area (Å²) in [7, 11) is -0.707. The van der Waals surface area contributed by atoms with E-state index in [-0.39, 0.29) is 5.41 Å². The Kier molecular flexibility index (Phi) is 1.86. The summed E-state index contributed by atoms with van der Waals surface area (Å²) in [5.41, 5.74) is 5.65. The first kappa shape index (κ1) is 11.1. The van der Waals surface area contributed by atoms with Crippen molar-refractivity contribution < 1.29 is 9.68 Å². The fourth-order valence-corrected chi connectivity index (χ4v) is 4.74. The van der Waals surface area contributed by atoms with Gasteiger partial charge in [-0.3, -0.25) is 0 Å². The molecule has 2 atom stereocenters. The maximum Gasteiger partial charge on any atom is 0.492 e. The second kappa shape index (κ2) is 3.02. The van der Waals surface area contributed by atoms with E-state index in [1.165, 1.54) is 29.5 Å². The molecular weight excluding hydrogens is 223 g/mol. The van der Waals surface area contributed by atoms with Crippen LogP contribution >= 0.6 is 0 Å². The molecule has 1 aliphatic heterocycles. The first-order valence-corrected chi connectivity index (χ1v) is 6.92.